The van der Waals surface area contributed by atoms with E-state index in [9.17, 15) is 13.2 Å². The number of carbonyl (C=O) groups excluding carboxylic acids is 1. The van der Waals surface area contributed by atoms with Gasteiger partial charge in [0, 0.05) is 30.5 Å². The van der Waals surface area contributed by atoms with Crippen LogP contribution >= 0.6 is 0 Å². The van der Waals surface area contributed by atoms with Crippen molar-refractivity contribution in [1.29, 1.82) is 0 Å². The van der Waals surface area contributed by atoms with Crippen molar-refractivity contribution in [2.45, 2.75) is 50.3 Å². The molecule has 1 aliphatic rings. The van der Waals surface area contributed by atoms with Gasteiger partial charge in [0.2, 0.25) is 10.0 Å². The standard InChI is InChI=1S/C17H26N2O3S/c1-3-4-5-7-12(2)17(20)14-8-6-9-15(23(18,21)22)16(14)13-10-19-11-13/h6,8-9,12-13,19H,3-5,7,10-11H2,1-2H3,(H2,18,21,22). The zero-order valence-corrected chi connectivity index (χ0v) is 14.7. The summed E-state index contributed by atoms with van der Waals surface area (Å²) < 4.78 is 23.8. The highest BCUT2D eigenvalue weighted by atomic mass is 32.2. The average molecular weight is 338 g/mol. The van der Waals surface area contributed by atoms with Gasteiger partial charge in [-0.05, 0) is 18.1 Å². The minimum absolute atomic E-state index is 0.0218. The summed E-state index contributed by atoms with van der Waals surface area (Å²) in [6.07, 6.45) is 4.06. The quantitative estimate of drug-likeness (QED) is 0.563. The van der Waals surface area contributed by atoms with Gasteiger partial charge in [0.25, 0.3) is 0 Å². The number of primary sulfonamides is 1. The first-order valence-corrected chi connectivity index (χ1v) is 9.81. The molecule has 5 nitrogen and oxygen atoms in total. The Labute approximate surface area is 138 Å². The SMILES string of the molecule is CCCCCC(C)C(=O)c1cccc(S(N)(=O)=O)c1C1CNC1. The molecule has 1 atom stereocenters. The molecular formula is C17H26N2O3S. The smallest absolute Gasteiger partial charge is 0.238 e. The summed E-state index contributed by atoms with van der Waals surface area (Å²) in [6.45, 7) is 5.41. The lowest BCUT2D eigenvalue weighted by molar-refractivity contribution is 0.0920. The van der Waals surface area contributed by atoms with E-state index in [0.29, 0.717) is 24.2 Å². The van der Waals surface area contributed by atoms with Crippen molar-refractivity contribution in [3.05, 3.63) is 29.3 Å². The Balaban J connectivity index is 2.36. The van der Waals surface area contributed by atoms with Gasteiger partial charge in [-0.3, -0.25) is 4.79 Å². The maximum absolute atomic E-state index is 12.8. The molecule has 0 bridgehead atoms. The van der Waals surface area contributed by atoms with E-state index in [-0.39, 0.29) is 22.5 Å². The van der Waals surface area contributed by atoms with Gasteiger partial charge >= 0.3 is 0 Å². The van der Waals surface area contributed by atoms with Crippen LogP contribution in [-0.4, -0.2) is 27.3 Å². The average Bonchev–Trinajstić information content (AvgIpc) is 2.44. The van der Waals surface area contributed by atoms with Crippen molar-refractivity contribution in [1.82, 2.24) is 5.32 Å². The molecule has 1 aromatic carbocycles. The third-order valence-corrected chi connectivity index (χ3v) is 5.49. The molecule has 1 unspecified atom stereocenters. The van der Waals surface area contributed by atoms with Crippen LogP contribution in [0.3, 0.4) is 0 Å². The lowest BCUT2D eigenvalue weighted by atomic mass is 9.84. The zero-order valence-electron chi connectivity index (χ0n) is 13.8. The van der Waals surface area contributed by atoms with Crippen molar-refractivity contribution in [3.63, 3.8) is 0 Å². The third-order valence-electron chi connectivity index (χ3n) is 4.52. The van der Waals surface area contributed by atoms with Crippen molar-refractivity contribution < 1.29 is 13.2 Å². The second kappa shape index (κ2) is 7.55. The van der Waals surface area contributed by atoms with Gasteiger partial charge in [-0.2, -0.15) is 0 Å². The van der Waals surface area contributed by atoms with Crippen LogP contribution in [-0.2, 0) is 10.0 Å². The fourth-order valence-corrected chi connectivity index (χ4v) is 3.87. The van der Waals surface area contributed by atoms with Crippen LogP contribution in [0.5, 0.6) is 0 Å². The van der Waals surface area contributed by atoms with Crippen LogP contribution in [0.25, 0.3) is 0 Å². The predicted molar refractivity (Wildman–Crippen MR) is 91.1 cm³/mol. The second-order valence-corrected chi connectivity index (χ2v) is 7.91. The van der Waals surface area contributed by atoms with Crippen molar-refractivity contribution in [2.75, 3.05) is 13.1 Å². The summed E-state index contributed by atoms with van der Waals surface area (Å²) in [5.74, 6) is -0.0520. The highest BCUT2D eigenvalue weighted by molar-refractivity contribution is 7.89. The number of ketones is 1. The Bertz CT molecular complexity index is 666. The predicted octanol–water partition coefficient (Wildman–Crippen LogP) is 2.42. The van der Waals surface area contributed by atoms with Crippen LogP contribution in [0, 0.1) is 5.92 Å². The number of sulfonamides is 1. The molecule has 6 heteroatoms. The van der Waals surface area contributed by atoms with Crippen molar-refractivity contribution in [2.24, 2.45) is 11.1 Å². The Kier molecular flexibility index (Phi) is 5.95. The first kappa shape index (κ1) is 18.1. The van der Waals surface area contributed by atoms with Gasteiger partial charge in [-0.15, -0.1) is 0 Å². The third kappa shape index (κ3) is 4.19. The number of hydrogen-bond donors (Lipinski definition) is 2. The summed E-state index contributed by atoms with van der Waals surface area (Å²) in [5, 5.41) is 8.49. The first-order valence-electron chi connectivity index (χ1n) is 8.26. The number of unbranched alkanes of at least 4 members (excludes halogenated alkanes) is 2. The van der Waals surface area contributed by atoms with Gasteiger partial charge in [-0.1, -0.05) is 45.2 Å². The molecule has 23 heavy (non-hydrogen) atoms. The summed E-state index contributed by atoms with van der Waals surface area (Å²) in [5.41, 5.74) is 1.12. The number of carbonyl (C=O) groups is 1. The van der Waals surface area contributed by atoms with Gasteiger partial charge < -0.3 is 5.32 Å². The number of nitrogens with two attached hydrogens (primary N) is 1. The molecule has 0 radical (unpaired) electrons. The van der Waals surface area contributed by atoms with Gasteiger partial charge in [0.05, 0.1) is 4.90 Å². The number of Topliss-reactive ketones (excluding diaryl/α,β-unsaturated/α-hetero) is 1. The van der Waals surface area contributed by atoms with E-state index in [1.165, 1.54) is 6.07 Å². The van der Waals surface area contributed by atoms with Crippen LogP contribution in [0.1, 0.15) is 61.4 Å². The van der Waals surface area contributed by atoms with Crippen LogP contribution in [0.2, 0.25) is 0 Å². The van der Waals surface area contributed by atoms with Gasteiger partial charge in [0.15, 0.2) is 5.78 Å². The molecule has 1 aromatic rings. The maximum Gasteiger partial charge on any atom is 0.238 e. The minimum atomic E-state index is -3.84. The van der Waals surface area contributed by atoms with E-state index >= 15 is 0 Å². The van der Waals surface area contributed by atoms with Crippen molar-refractivity contribution >= 4 is 15.8 Å². The molecule has 1 heterocycles. The van der Waals surface area contributed by atoms with E-state index in [0.717, 1.165) is 25.7 Å². The fraction of sp³-hybridized carbons (Fsp3) is 0.588. The highest BCUT2D eigenvalue weighted by Gasteiger charge is 2.31. The summed E-state index contributed by atoms with van der Waals surface area (Å²) in [7, 11) is -3.84. The lowest BCUT2D eigenvalue weighted by Crippen LogP contribution is -2.41. The highest BCUT2D eigenvalue weighted by Crippen LogP contribution is 2.32. The monoisotopic (exact) mass is 338 g/mol. The normalized spacial score (nSPS) is 16.8. The largest absolute Gasteiger partial charge is 0.315 e. The lowest BCUT2D eigenvalue weighted by Gasteiger charge is -2.31. The summed E-state index contributed by atoms with van der Waals surface area (Å²) in [4.78, 5) is 12.9. The van der Waals surface area contributed by atoms with Gasteiger partial charge in [0.1, 0.15) is 0 Å². The van der Waals surface area contributed by atoms with Crippen LogP contribution in [0.4, 0.5) is 0 Å². The molecule has 0 aliphatic carbocycles. The maximum atomic E-state index is 12.8. The van der Waals surface area contributed by atoms with E-state index < -0.39 is 10.0 Å². The molecule has 2 rings (SSSR count). The van der Waals surface area contributed by atoms with E-state index in [4.69, 9.17) is 5.14 Å². The topological polar surface area (TPSA) is 89.3 Å². The fourth-order valence-electron chi connectivity index (χ4n) is 3.02. The molecule has 128 valence electrons. The number of benzene rings is 1. The number of hydrogen-bond acceptors (Lipinski definition) is 4. The number of nitrogens with one attached hydrogen (secondary N) is 1. The van der Waals surface area contributed by atoms with Crippen molar-refractivity contribution in [3.8, 4) is 0 Å². The van der Waals surface area contributed by atoms with Gasteiger partial charge in [-0.25, -0.2) is 13.6 Å². The Hall–Kier alpha value is -1.24. The zero-order chi connectivity index (χ0) is 17.0. The minimum Gasteiger partial charge on any atom is -0.315 e. The molecular weight excluding hydrogens is 312 g/mol. The number of rotatable bonds is 8. The molecule has 0 aromatic heterocycles. The molecule has 1 aliphatic heterocycles. The van der Waals surface area contributed by atoms with E-state index in [2.05, 4.69) is 12.2 Å². The Morgan fingerprint density at radius 3 is 2.57 bits per heavy atom. The van der Waals surface area contributed by atoms with Crippen LogP contribution in [0.15, 0.2) is 23.1 Å². The molecule has 0 amide bonds. The summed E-state index contributed by atoms with van der Waals surface area (Å²) >= 11 is 0. The summed E-state index contributed by atoms with van der Waals surface area (Å²) in [6, 6.07) is 4.85. The van der Waals surface area contributed by atoms with E-state index in [1.54, 1.807) is 12.1 Å². The molecule has 1 fully saturated rings. The second-order valence-electron chi connectivity index (χ2n) is 6.38. The molecule has 1 saturated heterocycles. The molecule has 0 saturated carbocycles. The van der Waals surface area contributed by atoms with Crippen LogP contribution < -0.4 is 10.5 Å². The van der Waals surface area contributed by atoms with E-state index in [1.807, 2.05) is 6.92 Å². The molecule has 3 N–H and O–H groups in total. The first-order chi connectivity index (χ1) is 10.9. The molecule has 0 spiro atoms. The Morgan fingerprint density at radius 1 is 1.35 bits per heavy atom. The Morgan fingerprint density at radius 2 is 2.04 bits per heavy atom.